The van der Waals surface area contributed by atoms with Crippen LogP contribution < -0.4 is 10.9 Å². The Kier molecular flexibility index (Phi) is 5.98. The van der Waals surface area contributed by atoms with Crippen molar-refractivity contribution in [3.8, 4) is 34.2 Å². The lowest BCUT2D eigenvalue weighted by atomic mass is 10.1. The Morgan fingerprint density at radius 2 is 0.787 bits per heavy atom. The number of hydrogen-bond donors (Lipinski definition) is 0. The first kappa shape index (κ1) is 26.8. The summed E-state index contributed by atoms with van der Waals surface area (Å²) in [6, 6.07) is 46.5. The summed E-state index contributed by atoms with van der Waals surface area (Å²) in [6.07, 6.45) is 0. The molecule has 0 amide bonds. The number of fused-ring (bicyclic) bond motifs is 4. The molecule has 3 aromatic heterocycles. The second-order valence-corrected chi connectivity index (χ2v) is 11.4. The van der Waals surface area contributed by atoms with Crippen LogP contribution in [0.1, 0.15) is 0 Å². The Bertz CT molecular complexity index is 2460. The van der Waals surface area contributed by atoms with Gasteiger partial charge >= 0.3 is 0 Å². The van der Waals surface area contributed by atoms with E-state index in [0.29, 0.717) is 33.3 Å². The molecular weight excluding hydrogens is 584 g/mol. The summed E-state index contributed by atoms with van der Waals surface area (Å²) in [4.78, 5) is 31.1. The lowest BCUT2D eigenvalue weighted by Gasteiger charge is -2.15. The highest BCUT2D eigenvalue weighted by Gasteiger charge is 2.16. The molecule has 0 bridgehead atoms. The molecule has 3 heterocycles. The monoisotopic (exact) mass is 608 g/mol. The van der Waals surface area contributed by atoms with Crippen LogP contribution >= 0.6 is 0 Å². The van der Waals surface area contributed by atoms with E-state index < -0.39 is 0 Å². The molecule has 0 saturated heterocycles. The molecule has 0 saturated carbocycles. The molecule has 0 spiro atoms. The smallest absolute Gasteiger partial charge is 0.258 e. The van der Waals surface area contributed by atoms with Crippen LogP contribution in [-0.2, 0) is 0 Å². The second kappa shape index (κ2) is 10.5. The van der Waals surface area contributed by atoms with Crippen molar-refractivity contribution < 1.29 is 4.52 Å². The Hall–Kier alpha value is -6.60. The van der Waals surface area contributed by atoms with Crippen molar-refractivity contribution in [1.29, 1.82) is 0 Å². The van der Waals surface area contributed by atoms with Gasteiger partial charge in [-0.3, -0.25) is 9.59 Å². The molecule has 9 rings (SSSR count). The predicted octanol–water partition coefficient (Wildman–Crippen LogP) is 8.32. The maximum atomic E-state index is 13.2. The molecule has 47 heavy (non-hydrogen) atoms. The van der Waals surface area contributed by atoms with E-state index in [2.05, 4.69) is 14.3 Å². The standard InChI is InChI=1S/C40H24N4O3/c45-37-29-9-1-5-13-33(29)43(34-14-6-2-10-30(34)37)27-21-17-25(18-22-27)39-41-40(47-42-39)26-19-23-28(24-20-26)44-35-15-7-3-11-31(35)38(46)32-12-4-8-16-36(32)44/h1-24H. The van der Waals surface area contributed by atoms with Gasteiger partial charge in [0.15, 0.2) is 10.9 Å². The second-order valence-electron chi connectivity index (χ2n) is 11.4. The van der Waals surface area contributed by atoms with E-state index in [-0.39, 0.29) is 10.9 Å². The SMILES string of the molecule is O=c1c2ccccc2n(-c2ccc(-c3noc(-c4ccc(-n5c6ccccc6c(=O)c6ccccc65)cc4)n3)cc2)c2ccccc12. The van der Waals surface area contributed by atoms with Crippen LogP contribution in [0.3, 0.4) is 0 Å². The first-order valence-corrected chi connectivity index (χ1v) is 15.3. The molecule has 9 aromatic rings. The molecular formula is C40H24N4O3. The lowest BCUT2D eigenvalue weighted by molar-refractivity contribution is 0.432. The zero-order chi connectivity index (χ0) is 31.5. The Morgan fingerprint density at radius 3 is 1.19 bits per heavy atom. The molecule has 0 aliphatic heterocycles. The summed E-state index contributed by atoms with van der Waals surface area (Å²) in [6.45, 7) is 0. The Morgan fingerprint density at radius 1 is 0.426 bits per heavy atom. The highest BCUT2D eigenvalue weighted by molar-refractivity contribution is 5.96. The minimum absolute atomic E-state index is 0.0242. The molecule has 0 unspecified atom stereocenters. The fourth-order valence-corrected chi connectivity index (χ4v) is 6.52. The zero-order valence-corrected chi connectivity index (χ0v) is 24.9. The highest BCUT2D eigenvalue weighted by atomic mass is 16.5. The van der Waals surface area contributed by atoms with Crippen LogP contribution in [0.5, 0.6) is 0 Å². The van der Waals surface area contributed by atoms with E-state index in [0.717, 1.165) is 44.6 Å². The highest BCUT2D eigenvalue weighted by Crippen LogP contribution is 2.29. The van der Waals surface area contributed by atoms with Gasteiger partial charge < -0.3 is 13.7 Å². The van der Waals surface area contributed by atoms with Gasteiger partial charge in [0.1, 0.15) is 0 Å². The van der Waals surface area contributed by atoms with E-state index >= 15 is 0 Å². The van der Waals surface area contributed by atoms with E-state index in [1.54, 1.807) is 0 Å². The van der Waals surface area contributed by atoms with Crippen LogP contribution in [-0.4, -0.2) is 19.3 Å². The van der Waals surface area contributed by atoms with Crippen molar-refractivity contribution >= 4 is 43.6 Å². The predicted molar refractivity (Wildman–Crippen MR) is 186 cm³/mol. The third kappa shape index (κ3) is 4.21. The van der Waals surface area contributed by atoms with Crippen molar-refractivity contribution in [3.63, 3.8) is 0 Å². The number of benzene rings is 6. The van der Waals surface area contributed by atoms with E-state index in [9.17, 15) is 9.59 Å². The molecule has 0 N–H and O–H groups in total. The molecule has 0 atom stereocenters. The molecule has 222 valence electrons. The molecule has 0 fully saturated rings. The third-order valence-corrected chi connectivity index (χ3v) is 8.74. The van der Waals surface area contributed by atoms with Gasteiger partial charge in [-0.2, -0.15) is 4.98 Å². The summed E-state index contributed by atoms with van der Waals surface area (Å²) < 4.78 is 9.91. The Balaban J connectivity index is 1.07. The molecule has 7 nitrogen and oxygen atoms in total. The average molecular weight is 609 g/mol. The normalized spacial score (nSPS) is 11.6. The first-order chi connectivity index (χ1) is 23.2. The number of aromatic nitrogens is 4. The van der Waals surface area contributed by atoms with Crippen LogP contribution in [0.2, 0.25) is 0 Å². The maximum absolute atomic E-state index is 13.2. The van der Waals surface area contributed by atoms with Gasteiger partial charge in [0.05, 0.1) is 22.1 Å². The van der Waals surface area contributed by atoms with Gasteiger partial charge in [-0.1, -0.05) is 53.7 Å². The first-order valence-electron chi connectivity index (χ1n) is 15.3. The van der Waals surface area contributed by atoms with Crippen LogP contribution in [0, 0.1) is 0 Å². The van der Waals surface area contributed by atoms with Gasteiger partial charge in [0.25, 0.3) is 5.89 Å². The molecule has 0 aliphatic carbocycles. The van der Waals surface area contributed by atoms with E-state index in [4.69, 9.17) is 9.51 Å². The molecule has 7 heteroatoms. The minimum Gasteiger partial charge on any atom is -0.334 e. The van der Waals surface area contributed by atoms with Crippen molar-refractivity contribution in [2.45, 2.75) is 0 Å². The number of hydrogen-bond acceptors (Lipinski definition) is 5. The largest absolute Gasteiger partial charge is 0.334 e. The number of rotatable bonds is 4. The third-order valence-electron chi connectivity index (χ3n) is 8.74. The fraction of sp³-hybridized carbons (Fsp3) is 0. The fourth-order valence-electron chi connectivity index (χ4n) is 6.52. The van der Waals surface area contributed by atoms with Crippen LogP contribution in [0.4, 0.5) is 0 Å². The van der Waals surface area contributed by atoms with E-state index in [1.807, 2.05) is 146 Å². The number of para-hydroxylation sites is 4. The molecule has 6 aromatic carbocycles. The number of pyridine rings is 2. The molecule has 0 aliphatic rings. The van der Waals surface area contributed by atoms with Gasteiger partial charge in [-0.25, -0.2) is 0 Å². The summed E-state index contributed by atoms with van der Waals surface area (Å²) in [5.41, 5.74) is 6.85. The van der Waals surface area contributed by atoms with Gasteiger partial charge in [-0.15, -0.1) is 0 Å². The molecule has 0 radical (unpaired) electrons. The zero-order valence-electron chi connectivity index (χ0n) is 24.9. The lowest BCUT2D eigenvalue weighted by Crippen LogP contribution is -2.10. The Labute approximate surface area is 267 Å². The van der Waals surface area contributed by atoms with Gasteiger partial charge in [0, 0.05) is 44.0 Å². The summed E-state index contributed by atoms with van der Waals surface area (Å²) in [7, 11) is 0. The number of nitrogens with zero attached hydrogens (tertiary/aromatic N) is 4. The topological polar surface area (TPSA) is 82.9 Å². The van der Waals surface area contributed by atoms with Gasteiger partial charge in [0.2, 0.25) is 5.82 Å². The maximum Gasteiger partial charge on any atom is 0.258 e. The quantitative estimate of drug-likeness (QED) is 0.188. The van der Waals surface area contributed by atoms with Crippen LogP contribution in [0.25, 0.3) is 77.8 Å². The van der Waals surface area contributed by atoms with Crippen molar-refractivity contribution in [3.05, 3.63) is 166 Å². The van der Waals surface area contributed by atoms with Crippen molar-refractivity contribution in [1.82, 2.24) is 19.3 Å². The minimum atomic E-state index is 0.0242. The summed E-state index contributed by atoms with van der Waals surface area (Å²) in [5, 5.41) is 6.96. The van der Waals surface area contributed by atoms with Gasteiger partial charge in [-0.05, 0) is 97.1 Å². The van der Waals surface area contributed by atoms with Crippen LogP contribution in [0.15, 0.2) is 160 Å². The van der Waals surface area contributed by atoms with E-state index in [1.165, 1.54) is 0 Å². The van der Waals surface area contributed by atoms with Crippen molar-refractivity contribution in [2.24, 2.45) is 0 Å². The summed E-state index contributed by atoms with van der Waals surface area (Å²) >= 11 is 0. The van der Waals surface area contributed by atoms with Crippen molar-refractivity contribution in [2.75, 3.05) is 0 Å². The average Bonchev–Trinajstić information content (AvgIpc) is 3.63. The summed E-state index contributed by atoms with van der Waals surface area (Å²) in [5.74, 6) is 0.880.